The van der Waals surface area contributed by atoms with Crippen LogP contribution in [0.3, 0.4) is 0 Å². The van der Waals surface area contributed by atoms with E-state index in [0.29, 0.717) is 17.6 Å². The van der Waals surface area contributed by atoms with Gasteiger partial charge in [-0.2, -0.15) is 0 Å². The summed E-state index contributed by atoms with van der Waals surface area (Å²) in [6.45, 7) is 2.84. The lowest BCUT2D eigenvalue weighted by Gasteiger charge is -2.10. The number of aryl methyl sites for hydroxylation is 2. The molecule has 0 spiro atoms. The van der Waals surface area contributed by atoms with Crippen LogP contribution < -0.4 is 4.74 Å². The molecular formula is C29H27F4NO. The van der Waals surface area contributed by atoms with Gasteiger partial charge < -0.3 is 4.74 Å². The van der Waals surface area contributed by atoms with Gasteiger partial charge in [-0.15, -0.1) is 0 Å². The Bertz CT molecular complexity index is 1280. The summed E-state index contributed by atoms with van der Waals surface area (Å²) in [5, 5.41) is 1.18. The molecule has 0 aliphatic carbocycles. The SMILES string of the molecule is CCCCCCOc1ccc(-c2ccc3c(F)c(CCc4cc(F)c(F)c(F)c4)ccc3c2)nc1. The Balaban J connectivity index is 1.45. The number of hydrogen-bond donors (Lipinski definition) is 0. The van der Waals surface area contributed by atoms with E-state index in [1.165, 1.54) is 12.8 Å². The van der Waals surface area contributed by atoms with E-state index in [0.717, 1.165) is 47.4 Å². The Morgan fingerprint density at radius 2 is 1.57 bits per heavy atom. The van der Waals surface area contributed by atoms with E-state index in [-0.39, 0.29) is 24.2 Å². The third-order valence-corrected chi connectivity index (χ3v) is 6.06. The minimum Gasteiger partial charge on any atom is -0.492 e. The molecule has 182 valence electrons. The second-order valence-electron chi connectivity index (χ2n) is 8.64. The van der Waals surface area contributed by atoms with Gasteiger partial charge in [0.15, 0.2) is 17.5 Å². The van der Waals surface area contributed by atoms with E-state index in [4.69, 9.17) is 4.74 Å². The molecule has 0 saturated heterocycles. The molecular weight excluding hydrogens is 454 g/mol. The molecule has 1 heterocycles. The fraction of sp³-hybridized carbons (Fsp3) is 0.276. The first-order valence-corrected chi connectivity index (χ1v) is 11.9. The van der Waals surface area contributed by atoms with E-state index in [9.17, 15) is 13.2 Å². The van der Waals surface area contributed by atoms with Gasteiger partial charge in [-0.3, -0.25) is 4.98 Å². The summed E-state index contributed by atoms with van der Waals surface area (Å²) in [6.07, 6.45) is 6.68. The maximum absolute atomic E-state index is 15.1. The van der Waals surface area contributed by atoms with Crippen molar-refractivity contribution in [3.05, 3.63) is 95.2 Å². The maximum atomic E-state index is 15.1. The molecule has 0 aliphatic heterocycles. The Morgan fingerprint density at radius 3 is 2.29 bits per heavy atom. The number of pyridine rings is 1. The van der Waals surface area contributed by atoms with Crippen molar-refractivity contribution in [3.63, 3.8) is 0 Å². The molecule has 0 aliphatic rings. The molecule has 6 heteroatoms. The summed E-state index contributed by atoms with van der Waals surface area (Å²) in [5.74, 6) is -3.64. The van der Waals surface area contributed by atoms with Crippen molar-refractivity contribution in [1.29, 1.82) is 0 Å². The summed E-state index contributed by atoms with van der Waals surface area (Å²) >= 11 is 0. The number of nitrogens with zero attached hydrogens (tertiary/aromatic N) is 1. The van der Waals surface area contributed by atoms with Crippen LogP contribution in [0.25, 0.3) is 22.0 Å². The Hall–Kier alpha value is -3.41. The predicted octanol–water partition coefficient (Wildman–Crippen LogP) is 8.20. The smallest absolute Gasteiger partial charge is 0.194 e. The number of benzene rings is 3. The highest BCUT2D eigenvalue weighted by atomic mass is 19.2. The zero-order valence-electron chi connectivity index (χ0n) is 19.6. The molecule has 0 bridgehead atoms. The molecule has 0 radical (unpaired) electrons. The first-order chi connectivity index (χ1) is 17.0. The summed E-state index contributed by atoms with van der Waals surface area (Å²) < 4.78 is 60.9. The average Bonchev–Trinajstić information content (AvgIpc) is 2.87. The molecule has 4 aromatic rings. The van der Waals surface area contributed by atoms with Crippen molar-refractivity contribution in [1.82, 2.24) is 4.98 Å². The van der Waals surface area contributed by atoms with Gasteiger partial charge in [-0.1, -0.05) is 50.5 Å². The quantitative estimate of drug-likeness (QED) is 0.129. The molecule has 0 amide bonds. The second-order valence-corrected chi connectivity index (χ2v) is 8.64. The first kappa shape index (κ1) is 24.7. The van der Waals surface area contributed by atoms with Gasteiger partial charge >= 0.3 is 0 Å². The molecule has 0 unspecified atom stereocenters. The van der Waals surface area contributed by atoms with Crippen molar-refractivity contribution in [2.75, 3.05) is 6.61 Å². The van der Waals surface area contributed by atoms with Gasteiger partial charge in [-0.25, -0.2) is 17.6 Å². The zero-order valence-corrected chi connectivity index (χ0v) is 19.6. The van der Waals surface area contributed by atoms with Crippen LogP contribution in [-0.4, -0.2) is 11.6 Å². The van der Waals surface area contributed by atoms with Crippen molar-refractivity contribution in [2.24, 2.45) is 0 Å². The van der Waals surface area contributed by atoms with Crippen LogP contribution in [0.2, 0.25) is 0 Å². The minimum absolute atomic E-state index is 0.186. The molecule has 0 saturated carbocycles. The van der Waals surface area contributed by atoms with Crippen molar-refractivity contribution >= 4 is 10.8 Å². The van der Waals surface area contributed by atoms with E-state index in [1.807, 2.05) is 30.3 Å². The Morgan fingerprint density at radius 1 is 0.771 bits per heavy atom. The molecule has 2 nitrogen and oxygen atoms in total. The van der Waals surface area contributed by atoms with Crippen LogP contribution in [0.4, 0.5) is 17.6 Å². The summed E-state index contributed by atoms with van der Waals surface area (Å²) in [7, 11) is 0. The third-order valence-electron chi connectivity index (χ3n) is 6.06. The lowest BCUT2D eigenvalue weighted by atomic mass is 9.98. The summed E-state index contributed by atoms with van der Waals surface area (Å²) in [4.78, 5) is 4.49. The normalized spacial score (nSPS) is 11.2. The van der Waals surface area contributed by atoms with Crippen molar-refractivity contribution in [3.8, 4) is 17.0 Å². The first-order valence-electron chi connectivity index (χ1n) is 11.9. The molecule has 35 heavy (non-hydrogen) atoms. The summed E-state index contributed by atoms with van der Waals surface area (Å²) in [6, 6.07) is 14.5. The van der Waals surface area contributed by atoms with Crippen LogP contribution in [0.1, 0.15) is 43.7 Å². The lowest BCUT2D eigenvalue weighted by Crippen LogP contribution is -1.99. The van der Waals surface area contributed by atoms with Gasteiger partial charge in [0.1, 0.15) is 11.6 Å². The predicted molar refractivity (Wildman–Crippen MR) is 130 cm³/mol. The van der Waals surface area contributed by atoms with E-state index < -0.39 is 17.5 Å². The van der Waals surface area contributed by atoms with Crippen molar-refractivity contribution in [2.45, 2.75) is 45.4 Å². The standard InChI is InChI=1S/C29H27F4NO/c1-2-3-4-5-14-35-23-11-13-27(34-18-23)22-10-12-24-21(17-22)9-8-20(28(24)32)7-6-19-15-25(30)29(33)26(31)16-19/h8-13,15-18H,2-7,14H2,1H3. The summed E-state index contributed by atoms with van der Waals surface area (Å²) in [5.41, 5.74) is 2.32. The molecule has 4 rings (SSSR count). The van der Waals surface area contributed by atoms with Crippen LogP contribution in [0.5, 0.6) is 5.75 Å². The largest absolute Gasteiger partial charge is 0.492 e. The highest BCUT2D eigenvalue weighted by Gasteiger charge is 2.13. The maximum Gasteiger partial charge on any atom is 0.194 e. The van der Waals surface area contributed by atoms with Gasteiger partial charge in [0.25, 0.3) is 0 Å². The van der Waals surface area contributed by atoms with E-state index in [1.54, 1.807) is 18.3 Å². The van der Waals surface area contributed by atoms with Crippen LogP contribution in [0.15, 0.2) is 60.8 Å². The van der Waals surface area contributed by atoms with Gasteiger partial charge in [0.2, 0.25) is 0 Å². The zero-order chi connectivity index (χ0) is 24.8. The lowest BCUT2D eigenvalue weighted by molar-refractivity contribution is 0.304. The Kier molecular flexibility index (Phi) is 8.01. The van der Waals surface area contributed by atoms with Crippen LogP contribution in [-0.2, 0) is 12.8 Å². The molecule has 1 aromatic heterocycles. The number of unbranched alkanes of at least 4 members (excludes halogenated alkanes) is 3. The van der Waals surface area contributed by atoms with Gasteiger partial charge in [0.05, 0.1) is 18.5 Å². The van der Waals surface area contributed by atoms with E-state index >= 15 is 4.39 Å². The van der Waals surface area contributed by atoms with Crippen LogP contribution in [0, 0.1) is 23.3 Å². The number of fused-ring (bicyclic) bond motifs is 1. The third kappa shape index (κ3) is 5.99. The average molecular weight is 482 g/mol. The number of aromatic nitrogens is 1. The second kappa shape index (κ2) is 11.3. The van der Waals surface area contributed by atoms with Crippen molar-refractivity contribution < 1.29 is 22.3 Å². The topological polar surface area (TPSA) is 22.1 Å². The van der Waals surface area contributed by atoms with Gasteiger partial charge in [0, 0.05) is 10.9 Å². The number of hydrogen-bond acceptors (Lipinski definition) is 2. The van der Waals surface area contributed by atoms with Crippen LogP contribution >= 0.6 is 0 Å². The monoisotopic (exact) mass is 481 g/mol. The number of halogens is 4. The molecule has 0 fully saturated rings. The minimum atomic E-state index is -1.50. The molecule has 0 N–H and O–H groups in total. The molecule has 0 atom stereocenters. The fourth-order valence-electron chi connectivity index (χ4n) is 4.08. The molecule has 3 aromatic carbocycles. The van der Waals surface area contributed by atoms with Gasteiger partial charge in [-0.05, 0) is 66.1 Å². The van der Waals surface area contributed by atoms with E-state index in [2.05, 4.69) is 11.9 Å². The number of ether oxygens (including phenoxy) is 1. The fourth-order valence-corrected chi connectivity index (χ4v) is 4.08. The highest BCUT2D eigenvalue weighted by Crippen LogP contribution is 2.28. The highest BCUT2D eigenvalue weighted by molar-refractivity contribution is 5.88. The Labute approximate surface area is 202 Å². The number of rotatable bonds is 10.